The van der Waals surface area contributed by atoms with Crippen molar-refractivity contribution in [1.29, 1.82) is 0 Å². The molecule has 1 aliphatic carbocycles. The van der Waals surface area contributed by atoms with Crippen LogP contribution in [0.5, 0.6) is 0 Å². The number of aliphatic carboxylic acids is 1. The largest absolute Gasteiger partial charge is 0.480 e. The summed E-state index contributed by atoms with van der Waals surface area (Å²) in [6.07, 6.45) is 6.78. The van der Waals surface area contributed by atoms with Crippen molar-refractivity contribution in [2.45, 2.75) is 57.9 Å². The predicted octanol–water partition coefficient (Wildman–Crippen LogP) is 2.39. The Kier molecular flexibility index (Phi) is 4.14. The molecule has 15 heavy (non-hydrogen) atoms. The molecule has 0 amide bonds. The van der Waals surface area contributed by atoms with Gasteiger partial charge < -0.3 is 10.8 Å². The van der Waals surface area contributed by atoms with Gasteiger partial charge in [-0.1, -0.05) is 39.0 Å². The third kappa shape index (κ3) is 4.20. The van der Waals surface area contributed by atoms with Gasteiger partial charge in [-0.25, -0.2) is 0 Å². The van der Waals surface area contributed by atoms with Crippen molar-refractivity contribution in [3.8, 4) is 0 Å². The second kappa shape index (κ2) is 4.97. The van der Waals surface area contributed by atoms with Crippen molar-refractivity contribution in [2.75, 3.05) is 0 Å². The number of carboxylic acid groups (broad SMARTS) is 1. The molecule has 88 valence electrons. The summed E-state index contributed by atoms with van der Waals surface area (Å²) in [6, 6.07) is 0. The van der Waals surface area contributed by atoms with Crippen LogP contribution < -0.4 is 5.73 Å². The molecule has 3 nitrogen and oxygen atoms in total. The molecule has 0 unspecified atom stereocenters. The SMILES string of the molecule is CC[C@@H](CCC1CC1)C[C@@](C)(N)C(=O)O. The predicted molar refractivity (Wildman–Crippen MR) is 60.6 cm³/mol. The number of carbonyl (C=O) groups is 1. The molecule has 0 saturated heterocycles. The first kappa shape index (κ1) is 12.5. The van der Waals surface area contributed by atoms with E-state index in [0.717, 1.165) is 18.8 Å². The van der Waals surface area contributed by atoms with Crippen LogP contribution in [-0.4, -0.2) is 16.6 Å². The Morgan fingerprint density at radius 1 is 1.60 bits per heavy atom. The Hall–Kier alpha value is -0.570. The molecule has 2 atom stereocenters. The lowest BCUT2D eigenvalue weighted by atomic mass is 9.85. The lowest BCUT2D eigenvalue weighted by molar-refractivity contribution is -0.143. The topological polar surface area (TPSA) is 63.3 Å². The highest BCUT2D eigenvalue weighted by Gasteiger charge is 2.31. The van der Waals surface area contributed by atoms with E-state index in [2.05, 4.69) is 6.92 Å². The van der Waals surface area contributed by atoms with E-state index in [0.29, 0.717) is 12.3 Å². The van der Waals surface area contributed by atoms with Gasteiger partial charge in [0.1, 0.15) is 5.54 Å². The third-order valence-corrected chi connectivity index (χ3v) is 3.46. The van der Waals surface area contributed by atoms with Gasteiger partial charge >= 0.3 is 5.97 Å². The number of carboxylic acids is 1. The molecule has 0 aromatic carbocycles. The first-order valence-electron chi connectivity index (χ1n) is 5.98. The maximum atomic E-state index is 10.9. The number of hydrogen-bond donors (Lipinski definition) is 2. The molecule has 1 aliphatic rings. The van der Waals surface area contributed by atoms with Crippen molar-refractivity contribution in [1.82, 2.24) is 0 Å². The fourth-order valence-electron chi connectivity index (χ4n) is 2.02. The standard InChI is InChI=1S/C12H23NO2/c1-3-9(4-5-10-6-7-10)8-12(2,13)11(14)15/h9-10H,3-8,13H2,1-2H3,(H,14,15)/t9-,12+/m0/s1. The van der Waals surface area contributed by atoms with E-state index in [-0.39, 0.29) is 0 Å². The summed E-state index contributed by atoms with van der Waals surface area (Å²) in [6.45, 7) is 3.74. The van der Waals surface area contributed by atoms with Gasteiger partial charge in [0.05, 0.1) is 0 Å². The monoisotopic (exact) mass is 213 g/mol. The first-order chi connectivity index (χ1) is 6.95. The van der Waals surface area contributed by atoms with Crippen molar-refractivity contribution in [3.05, 3.63) is 0 Å². The van der Waals surface area contributed by atoms with Crippen LogP contribution in [0.15, 0.2) is 0 Å². The van der Waals surface area contributed by atoms with Crippen LogP contribution in [0, 0.1) is 11.8 Å². The van der Waals surface area contributed by atoms with Crippen LogP contribution in [-0.2, 0) is 4.79 Å². The van der Waals surface area contributed by atoms with Crippen LogP contribution in [0.3, 0.4) is 0 Å². The minimum absolute atomic E-state index is 0.469. The van der Waals surface area contributed by atoms with Gasteiger partial charge in [-0.3, -0.25) is 4.79 Å². The highest BCUT2D eigenvalue weighted by atomic mass is 16.4. The van der Waals surface area contributed by atoms with Gasteiger partial charge in [-0.05, 0) is 25.2 Å². The Bertz CT molecular complexity index is 222. The highest BCUT2D eigenvalue weighted by Crippen LogP contribution is 2.36. The molecule has 0 aromatic heterocycles. The average molecular weight is 213 g/mol. The van der Waals surface area contributed by atoms with E-state index in [4.69, 9.17) is 10.8 Å². The van der Waals surface area contributed by atoms with E-state index in [1.54, 1.807) is 6.92 Å². The van der Waals surface area contributed by atoms with Gasteiger partial charge in [-0.2, -0.15) is 0 Å². The van der Waals surface area contributed by atoms with Gasteiger partial charge in [0, 0.05) is 0 Å². The second-order valence-electron chi connectivity index (χ2n) is 5.22. The summed E-state index contributed by atoms with van der Waals surface area (Å²) < 4.78 is 0. The quantitative estimate of drug-likeness (QED) is 0.682. The van der Waals surface area contributed by atoms with Gasteiger partial charge in [0.25, 0.3) is 0 Å². The van der Waals surface area contributed by atoms with Crippen molar-refractivity contribution >= 4 is 5.97 Å². The summed E-state index contributed by atoms with van der Waals surface area (Å²) in [5.41, 5.74) is 4.71. The molecule has 0 aromatic rings. The van der Waals surface area contributed by atoms with Gasteiger partial charge in [0.15, 0.2) is 0 Å². The molecule has 3 heteroatoms. The van der Waals surface area contributed by atoms with E-state index >= 15 is 0 Å². The smallest absolute Gasteiger partial charge is 0.323 e. The zero-order chi connectivity index (χ0) is 11.5. The molecule has 0 aliphatic heterocycles. The van der Waals surface area contributed by atoms with E-state index in [9.17, 15) is 4.79 Å². The fraction of sp³-hybridized carbons (Fsp3) is 0.917. The lowest BCUT2D eigenvalue weighted by Crippen LogP contribution is -2.46. The van der Waals surface area contributed by atoms with Gasteiger partial charge in [-0.15, -0.1) is 0 Å². The molecule has 0 radical (unpaired) electrons. The van der Waals surface area contributed by atoms with Crippen molar-refractivity contribution < 1.29 is 9.90 Å². The van der Waals surface area contributed by atoms with Crippen LogP contribution in [0.2, 0.25) is 0 Å². The lowest BCUT2D eigenvalue weighted by Gasteiger charge is -2.25. The highest BCUT2D eigenvalue weighted by molar-refractivity contribution is 5.77. The van der Waals surface area contributed by atoms with E-state index in [1.807, 2.05) is 0 Å². The number of rotatable bonds is 7. The number of nitrogens with two attached hydrogens (primary N) is 1. The van der Waals surface area contributed by atoms with Crippen molar-refractivity contribution in [3.63, 3.8) is 0 Å². The molecule has 0 spiro atoms. The maximum Gasteiger partial charge on any atom is 0.323 e. The molecular formula is C12H23NO2. The normalized spacial score (nSPS) is 22.1. The summed E-state index contributed by atoms with van der Waals surface area (Å²) in [5, 5.41) is 8.95. The molecule has 0 bridgehead atoms. The van der Waals surface area contributed by atoms with Crippen LogP contribution in [0.25, 0.3) is 0 Å². The minimum atomic E-state index is -1.05. The molecule has 1 saturated carbocycles. The summed E-state index contributed by atoms with van der Waals surface area (Å²) >= 11 is 0. The number of hydrogen-bond acceptors (Lipinski definition) is 2. The maximum absolute atomic E-state index is 10.9. The fourth-order valence-corrected chi connectivity index (χ4v) is 2.02. The Morgan fingerprint density at radius 3 is 2.60 bits per heavy atom. The summed E-state index contributed by atoms with van der Waals surface area (Å²) in [7, 11) is 0. The van der Waals surface area contributed by atoms with Crippen LogP contribution in [0.1, 0.15) is 52.4 Å². The molecule has 0 heterocycles. The third-order valence-electron chi connectivity index (χ3n) is 3.46. The summed E-state index contributed by atoms with van der Waals surface area (Å²) in [5.74, 6) is 0.511. The second-order valence-corrected chi connectivity index (χ2v) is 5.22. The Morgan fingerprint density at radius 2 is 2.20 bits per heavy atom. The van der Waals surface area contributed by atoms with Crippen LogP contribution >= 0.6 is 0 Å². The van der Waals surface area contributed by atoms with Gasteiger partial charge in [0.2, 0.25) is 0 Å². The van der Waals surface area contributed by atoms with E-state index in [1.165, 1.54) is 19.3 Å². The van der Waals surface area contributed by atoms with Crippen molar-refractivity contribution in [2.24, 2.45) is 17.6 Å². The molecular weight excluding hydrogens is 190 g/mol. The zero-order valence-electron chi connectivity index (χ0n) is 9.83. The Balaban J connectivity index is 2.33. The minimum Gasteiger partial charge on any atom is -0.480 e. The molecule has 3 N–H and O–H groups in total. The molecule has 1 rings (SSSR count). The van der Waals surface area contributed by atoms with E-state index < -0.39 is 11.5 Å². The summed E-state index contributed by atoms with van der Waals surface area (Å²) in [4.78, 5) is 10.9. The molecule has 1 fully saturated rings. The van der Waals surface area contributed by atoms with Crippen LogP contribution in [0.4, 0.5) is 0 Å². The Labute approximate surface area is 92.0 Å². The zero-order valence-corrected chi connectivity index (χ0v) is 9.83. The first-order valence-corrected chi connectivity index (χ1v) is 5.98. The average Bonchev–Trinajstić information content (AvgIpc) is 2.95.